The second-order valence-electron chi connectivity index (χ2n) is 5.79. The molecule has 0 saturated carbocycles. The van der Waals surface area contributed by atoms with Gasteiger partial charge in [0.2, 0.25) is 11.8 Å². The highest BCUT2D eigenvalue weighted by atomic mass is 35.5. The maximum absolute atomic E-state index is 12.0. The molecule has 1 atom stereocenters. The van der Waals surface area contributed by atoms with E-state index in [1.165, 1.54) is 11.8 Å². The first-order valence-corrected chi connectivity index (χ1v) is 9.63. The van der Waals surface area contributed by atoms with Crippen LogP contribution < -0.4 is 5.32 Å². The van der Waals surface area contributed by atoms with Gasteiger partial charge < -0.3 is 5.32 Å². The monoisotopic (exact) mass is 384 g/mol. The summed E-state index contributed by atoms with van der Waals surface area (Å²) in [5, 5.41) is 3.47. The fourth-order valence-electron chi connectivity index (χ4n) is 2.46. The SMILES string of the molecule is Cc1c(Cl)cccc1NC(=O)CCCCCN1C(=O)C(C)SC1=S. The highest BCUT2D eigenvalue weighted by molar-refractivity contribution is 8.24. The molecule has 1 saturated heterocycles. The van der Waals surface area contributed by atoms with Crippen molar-refractivity contribution in [1.29, 1.82) is 0 Å². The summed E-state index contributed by atoms with van der Waals surface area (Å²) in [5.41, 5.74) is 1.63. The zero-order valence-electron chi connectivity index (χ0n) is 13.8. The molecule has 0 bridgehead atoms. The predicted octanol–water partition coefficient (Wildman–Crippen LogP) is 4.40. The second-order valence-corrected chi connectivity index (χ2v) is 8.17. The molecule has 7 heteroatoms. The van der Waals surface area contributed by atoms with Crippen molar-refractivity contribution >= 4 is 57.4 Å². The quantitative estimate of drug-likeness (QED) is 0.559. The first-order chi connectivity index (χ1) is 11.4. The number of hydrogen-bond donors (Lipinski definition) is 1. The average Bonchev–Trinajstić information content (AvgIpc) is 2.77. The van der Waals surface area contributed by atoms with E-state index in [4.69, 9.17) is 23.8 Å². The molecule has 0 aromatic heterocycles. The second kappa shape index (κ2) is 8.83. The van der Waals surface area contributed by atoms with Crippen LogP contribution >= 0.6 is 35.6 Å². The molecule has 0 spiro atoms. The highest BCUT2D eigenvalue weighted by Gasteiger charge is 2.32. The smallest absolute Gasteiger partial charge is 0.241 e. The first kappa shape index (κ1) is 19.2. The first-order valence-electron chi connectivity index (χ1n) is 7.97. The molecule has 130 valence electrons. The van der Waals surface area contributed by atoms with Crippen LogP contribution in [-0.4, -0.2) is 32.8 Å². The van der Waals surface area contributed by atoms with E-state index in [0.717, 1.165) is 30.5 Å². The third-order valence-corrected chi connectivity index (χ3v) is 5.83. The summed E-state index contributed by atoms with van der Waals surface area (Å²) in [6.45, 7) is 4.40. The van der Waals surface area contributed by atoms with Gasteiger partial charge in [-0.1, -0.05) is 48.1 Å². The van der Waals surface area contributed by atoms with E-state index < -0.39 is 0 Å². The Balaban J connectivity index is 1.67. The van der Waals surface area contributed by atoms with Gasteiger partial charge in [0, 0.05) is 23.7 Å². The summed E-state index contributed by atoms with van der Waals surface area (Å²) in [4.78, 5) is 25.6. The third kappa shape index (κ3) is 4.94. The Bertz CT molecular complexity index is 651. The zero-order chi connectivity index (χ0) is 17.7. The van der Waals surface area contributed by atoms with Crippen molar-refractivity contribution in [2.75, 3.05) is 11.9 Å². The number of nitrogens with zero attached hydrogens (tertiary/aromatic N) is 1. The van der Waals surface area contributed by atoms with E-state index in [0.29, 0.717) is 22.3 Å². The largest absolute Gasteiger partial charge is 0.326 e. The number of amides is 2. The van der Waals surface area contributed by atoms with E-state index >= 15 is 0 Å². The minimum atomic E-state index is -0.0655. The number of anilines is 1. The van der Waals surface area contributed by atoms with Gasteiger partial charge >= 0.3 is 0 Å². The molecule has 2 rings (SSSR count). The lowest BCUT2D eigenvalue weighted by molar-refractivity contribution is -0.125. The Morgan fingerprint density at radius 3 is 2.79 bits per heavy atom. The molecular weight excluding hydrogens is 364 g/mol. The van der Waals surface area contributed by atoms with Gasteiger partial charge in [0.25, 0.3) is 0 Å². The van der Waals surface area contributed by atoms with Gasteiger partial charge in [-0.2, -0.15) is 0 Å². The lowest BCUT2D eigenvalue weighted by Crippen LogP contribution is -2.31. The van der Waals surface area contributed by atoms with Crippen LogP contribution in [0.15, 0.2) is 18.2 Å². The number of thiocarbonyl (C=S) groups is 1. The molecule has 1 aliphatic heterocycles. The third-order valence-electron chi connectivity index (χ3n) is 3.94. The molecular formula is C17H21ClN2O2S2. The van der Waals surface area contributed by atoms with E-state index in [2.05, 4.69) is 5.32 Å². The van der Waals surface area contributed by atoms with Gasteiger partial charge in [-0.15, -0.1) is 0 Å². The molecule has 1 aromatic rings. The summed E-state index contributed by atoms with van der Waals surface area (Å²) in [6, 6.07) is 5.47. The Labute approximate surface area is 157 Å². The number of halogens is 1. The van der Waals surface area contributed by atoms with Crippen LogP contribution in [0.25, 0.3) is 0 Å². The van der Waals surface area contributed by atoms with Gasteiger partial charge in [-0.3, -0.25) is 14.5 Å². The van der Waals surface area contributed by atoms with E-state index in [1.807, 2.05) is 26.0 Å². The van der Waals surface area contributed by atoms with Gasteiger partial charge in [0.05, 0.1) is 5.25 Å². The molecule has 24 heavy (non-hydrogen) atoms. The summed E-state index contributed by atoms with van der Waals surface area (Å²) in [6.07, 6.45) is 2.97. The van der Waals surface area contributed by atoms with Crippen molar-refractivity contribution in [3.8, 4) is 0 Å². The maximum Gasteiger partial charge on any atom is 0.241 e. The van der Waals surface area contributed by atoms with E-state index in [9.17, 15) is 9.59 Å². The Hall–Kier alpha value is -1.11. The Kier molecular flexibility index (Phi) is 7.07. The van der Waals surface area contributed by atoms with Gasteiger partial charge in [-0.05, 0) is 44.4 Å². The van der Waals surface area contributed by atoms with Crippen LogP contribution in [0.5, 0.6) is 0 Å². The molecule has 1 aromatic carbocycles. The number of hydrogen-bond acceptors (Lipinski definition) is 4. The molecule has 1 fully saturated rings. The minimum absolute atomic E-state index is 0.0164. The zero-order valence-corrected chi connectivity index (χ0v) is 16.2. The van der Waals surface area contributed by atoms with Crippen molar-refractivity contribution in [2.45, 2.75) is 44.8 Å². The molecule has 1 N–H and O–H groups in total. The van der Waals surface area contributed by atoms with Crippen molar-refractivity contribution in [2.24, 2.45) is 0 Å². The minimum Gasteiger partial charge on any atom is -0.326 e. The van der Waals surface area contributed by atoms with Crippen LogP contribution in [0, 0.1) is 6.92 Å². The van der Waals surface area contributed by atoms with Crippen molar-refractivity contribution in [3.05, 3.63) is 28.8 Å². The number of nitrogens with one attached hydrogen (secondary N) is 1. The maximum atomic E-state index is 12.0. The van der Waals surface area contributed by atoms with Crippen LogP contribution in [0.1, 0.15) is 38.2 Å². The van der Waals surface area contributed by atoms with Crippen molar-refractivity contribution in [1.82, 2.24) is 4.90 Å². The molecule has 1 aliphatic rings. The fraction of sp³-hybridized carbons (Fsp3) is 0.471. The van der Waals surface area contributed by atoms with Crippen molar-refractivity contribution in [3.63, 3.8) is 0 Å². The lowest BCUT2D eigenvalue weighted by atomic mass is 10.1. The molecule has 0 aliphatic carbocycles. The van der Waals surface area contributed by atoms with Gasteiger partial charge in [0.1, 0.15) is 4.32 Å². The number of carbonyl (C=O) groups excluding carboxylic acids is 2. The van der Waals surface area contributed by atoms with Crippen LogP contribution in [-0.2, 0) is 9.59 Å². The molecule has 0 radical (unpaired) electrons. The Morgan fingerprint density at radius 2 is 2.12 bits per heavy atom. The van der Waals surface area contributed by atoms with Gasteiger partial charge in [-0.25, -0.2) is 0 Å². The summed E-state index contributed by atoms with van der Waals surface area (Å²) in [5.74, 6) is 0.0801. The number of thioether (sulfide) groups is 1. The van der Waals surface area contributed by atoms with E-state index in [1.54, 1.807) is 11.0 Å². The molecule has 2 amide bonds. The van der Waals surface area contributed by atoms with Crippen LogP contribution in [0.3, 0.4) is 0 Å². The predicted molar refractivity (Wildman–Crippen MR) is 105 cm³/mol. The Morgan fingerprint density at radius 1 is 1.38 bits per heavy atom. The topological polar surface area (TPSA) is 49.4 Å². The number of rotatable bonds is 7. The lowest BCUT2D eigenvalue weighted by Gasteiger charge is -2.14. The summed E-state index contributed by atoms with van der Waals surface area (Å²) < 4.78 is 0.668. The number of benzene rings is 1. The molecule has 1 heterocycles. The van der Waals surface area contributed by atoms with Gasteiger partial charge in [0.15, 0.2) is 0 Å². The molecule has 1 unspecified atom stereocenters. The van der Waals surface area contributed by atoms with Crippen molar-refractivity contribution < 1.29 is 9.59 Å². The standard InChI is InChI=1S/C17H21ClN2O2S2/c1-11-13(18)7-6-8-14(11)19-15(21)9-4-3-5-10-20-16(22)12(2)24-17(20)23/h6-8,12H,3-5,9-10H2,1-2H3,(H,19,21). The highest BCUT2D eigenvalue weighted by Crippen LogP contribution is 2.27. The van der Waals surface area contributed by atoms with Crippen LogP contribution in [0.2, 0.25) is 5.02 Å². The summed E-state index contributed by atoms with van der Waals surface area (Å²) >= 11 is 12.7. The normalized spacial score (nSPS) is 17.5. The molecule has 4 nitrogen and oxygen atoms in total. The fourth-order valence-corrected chi connectivity index (χ4v) is 4.09. The van der Waals surface area contributed by atoms with E-state index in [-0.39, 0.29) is 17.1 Å². The van der Waals surface area contributed by atoms with Crippen LogP contribution in [0.4, 0.5) is 5.69 Å². The average molecular weight is 385 g/mol. The summed E-state index contributed by atoms with van der Waals surface area (Å²) in [7, 11) is 0. The number of unbranched alkanes of at least 4 members (excludes halogenated alkanes) is 2. The number of carbonyl (C=O) groups is 2.